The van der Waals surface area contributed by atoms with Gasteiger partial charge >= 0.3 is 221 Å². The number of rotatable bonds is 0. The third-order valence-corrected chi connectivity index (χ3v) is 0. The van der Waals surface area contributed by atoms with Gasteiger partial charge in [0.15, 0.2) is 0 Å². The van der Waals surface area contributed by atoms with Crippen LogP contribution in [0.5, 0.6) is 0 Å². The van der Waals surface area contributed by atoms with Crippen LogP contribution in [0, 0.1) is 0 Å². The van der Waals surface area contributed by atoms with Crippen LogP contribution in [-0.4, -0.2) is 17.2 Å². The maximum Gasteiger partial charge on any atom is 1.00 e. The van der Waals surface area contributed by atoms with Crippen molar-refractivity contribution in [3.8, 4) is 0 Å². The molecule has 10 nitrogen and oxygen atoms in total. The van der Waals surface area contributed by atoms with E-state index in [2.05, 4.69) is 0 Å². The van der Waals surface area contributed by atoms with Crippen molar-refractivity contribution in [1.29, 1.82) is 0 Å². The fraction of sp³-hybridized carbons (Fsp3) is 0. The predicted octanol–water partition coefficient (Wildman–Crippen LogP) is -25.1. The maximum atomic E-state index is 8.66. The molecule has 17 heteroatoms. The van der Waals surface area contributed by atoms with Gasteiger partial charge in [-0.2, -0.15) is 0 Å². The van der Waals surface area contributed by atoms with E-state index in [0.717, 1.165) is 0 Å². The van der Waals surface area contributed by atoms with Crippen molar-refractivity contribution in [2.24, 2.45) is 0 Å². The van der Waals surface area contributed by atoms with Gasteiger partial charge in [-0.15, -0.1) is 0 Å². The van der Waals surface area contributed by atoms with E-state index in [1.807, 2.05) is 0 Å². The molecule has 0 heterocycles. The molecule has 0 aromatic carbocycles. The van der Waals surface area contributed by atoms with Crippen molar-refractivity contribution in [1.82, 2.24) is 0 Å². The van der Waals surface area contributed by atoms with Crippen molar-refractivity contribution in [3.05, 3.63) is 0 Å². The van der Waals surface area contributed by atoms with Crippen molar-refractivity contribution in [2.45, 2.75) is 0 Å². The van der Waals surface area contributed by atoms with E-state index in [-0.39, 0.29) is 221 Å². The summed E-state index contributed by atoms with van der Waals surface area (Å²) in [5.41, 5.74) is 0. The monoisotopic (exact) mass is 386 g/mol. The number of carbonyl (C=O) groups is 2. The molecule has 0 spiro atoms. The van der Waals surface area contributed by atoms with Gasteiger partial charge in [-0.05, 0) is 12.3 Å². The number of carboxylic acid groups (broad SMARTS) is 4. The molecule has 0 rings (SSSR count). The second kappa shape index (κ2) is 39.1. The van der Waals surface area contributed by atoms with E-state index in [0.29, 0.717) is 0 Å². The van der Waals surface area contributed by atoms with Gasteiger partial charge in [-0.25, -0.2) is 0 Å². The molecule has 0 radical (unpaired) electrons. The Balaban J connectivity index is -0.00000000980. The first-order valence-corrected chi connectivity index (χ1v) is 3.47. The summed E-state index contributed by atoms with van der Waals surface area (Å²) in [6, 6.07) is 0. The van der Waals surface area contributed by atoms with Gasteiger partial charge in [0.1, 0.15) is 0 Å². The van der Waals surface area contributed by atoms with E-state index in [9.17, 15) is 0 Å². The van der Waals surface area contributed by atoms with Crippen LogP contribution in [0.3, 0.4) is 0 Å². The van der Waals surface area contributed by atoms with E-state index in [4.69, 9.17) is 49.3 Å². The number of hydrogen-bond acceptors (Lipinski definition) is 9. The predicted molar refractivity (Wildman–Crippen MR) is 20.6 cm³/mol. The van der Waals surface area contributed by atoms with Gasteiger partial charge in [0.05, 0.1) is 7.82 Å². The largest absolute Gasteiger partial charge is 1.00 e. The minimum Gasteiger partial charge on any atom is -0.790 e. The summed E-state index contributed by atoms with van der Waals surface area (Å²) in [6.07, 6.45) is -4.67. The van der Waals surface area contributed by atoms with Crippen molar-refractivity contribution >= 4 is 20.1 Å². The molecule has 0 aromatic heterocycles. The molecule has 80 valence electrons. The molecule has 0 unspecified atom stereocenters. The SMILES string of the molecule is O=C([O-])[O-].O=C([O-])[O-].O=P([O-])([O-])O.[K+].[K+].[Na+].[Na+].[Na+].[Na+]. The average Bonchev–Trinajstić information content (AvgIpc) is 1.50. The van der Waals surface area contributed by atoms with E-state index in [1.165, 1.54) is 0 Å². The third-order valence-electron chi connectivity index (χ3n) is 0. The first-order chi connectivity index (χ1) is 5.46. The summed E-state index contributed by atoms with van der Waals surface area (Å²) < 4.78 is 8.66. The Labute approximate surface area is 282 Å². The van der Waals surface area contributed by atoms with Gasteiger partial charge in [0, 0.05) is 0 Å². The number of hydrogen-bond donors (Lipinski definition) is 1. The summed E-state index contributed by atoms with van der Waals surface area (Å²) in [6.45, 7) is 0. The molecule has 0 fully saturated rings. The second-order valence-corrected chi connectivity index (χ2v) is 1.91. The molecule has 1 N–H and O–H groups in total. The molecule has 0 bridgehead atoms. The van der Waals surface area contributed by atoms with Crippen LogP contribution in [0.1, 0.15) is 0 Å². The van der Waals surface area contributed by atoms with Crippen LogP contribution >= 0.6 is 7.82 Å². The molecule has 0 atom stereocenters. The Morgan fingerprint density at radius 2 is 0.737 bits per heavy atom. The zero-order chi connectivity index (χ0) is 11.7. The minimum atomic E-state index is -5.14. The first-order valence-electron chi connectivity index (χ1n) is 1.97. The van der Waals surface area contributed by atoms with E-state index in [1.54, 1.807) is 0 Å². The Morgan fingerprint density at radius 3 is 0.737 bits per heavy atom. The molecular weight excluding hydrogens is 385 g/mol. The van der Waals surface area contributed by atoms with E-state index >= 15 is 0 Å². The minimum absolute atomic E-state index is 0. The van der Waals surface area contributed by atoms with Crippen LogP contribution in [-0.2, 0) is 4.57 Å². The molecule has 0 aliphatic carbocycles. The summed E-state index contributed by atoms with van der Waals surface area (Å²) >= 11 is 0. The quantitative estimate of drug-likeness (QED) is 0.307. The van der Waals surface area contributed by atoms with Gasteiger partial charge in [-0.1, -0.05) is 0 Å². The summed E-state index contributed by atoms with van der Waals surface area (Å²) in [5, 5.41) is 33.3. The summed E-state index contributed by atoms with van der Waals surface area (Å²) in [4.78, 5) is 41.0. The third kappa shape index (κ3) is 328. The number of carbonyl (C=O) groups excluding carboxylic acids is 2. The Bertz CT molecular complexity index is 183. The summed E-state index contributed by atoms with van der Waals surface area (Å²) in [7, 11) is -5.14. The van der Waals surface area contributed by atoms with Crippen molar-refractivity contribution in [2.75, 3.05) is 0 Å². The standard InChI is InChI=1S/2CH2O3.2K.4Na.H3O4P/c2*2-1(3)4;;;;;;;1-5(2,3)4/h2*(H2,2,3,4);;;;;;;(H3,1,2,3,4)/q;;6*+1;/p-6. The zero-order valence-corrected chi connectivity index (χ0v) is 26.7. The topological polar surface area (TPSA) is 210 Å². The molecule has 0 aliphatic heterocycles. The normalized spacial score (nSPS) is 5.63. The maximum absolute atomic E-state index is 8.66. The molecular formula is C2HK2Na4O10P. The Hall–Kier alpha value is 5.92. The Morgan fingerprint density at radius 1 is 0.737 bits per heavy atom. The van der Waals surface area contributed by atoms with Crippen molar-refractivity contribution in [3.63, 3.8) is 0 Å². The zero-order valence-electron chi connectivity index (χ0n) is 11.6. The molecule has 0 aromatic rings. The molecule has 0 saturated heterocycles. The fourth-order valence-electron chi connectivity index (χ4n) is 0. The van der Waals surface area contributed by atoms with Crippen LogP contribution < -0.4 is 251 Å². The van der Waals surface area contributed by atoms with Crippen molar-refractivity contribution < 1.29 is 270 Å². The molecule has 0 aliphatic rings. The van der Waals surface area contributed by atoms with Gasteiger partial charge < -0.3 is 49.3 Å². The fourth-order valence-corrected chi connectivity index (χ4v) is 0. The summed E-state index contributed by atoms with van der Waals surface area (Å²) in [5.74, 6) is 0. The Kier molecular flexibility index (Phi) is 116. The second-order valence-electron chi connectivity index (χ2n) is 0.969. The molecule has 0 amide bonds. The number of phosphoric acid groups is 1. The first kappa shape index (κ1) is 56.3. The smallest absolute Gasteiger partial charge is 0.790 e. The molecule has 0 saturated carbocycles. The van der Waals surface area contributed by atoms with E-state index < -0.39 is 20.1 Å². The van der Waals surface area contributed by atoms with Crippen LogP contribution in [0.25, 0.3) is 0 Å². The van der Waals surface area contributed by atoms with Gasteiger partial charge in [0.2, 0.25) is 0 Å². The molecule has 19 heavy (non-hydrogen) atoms. The van der Waals surface area contributed by atoms with Crippen LogP contribution in [0.4, 0.5) is 9.59 Å². The van der Waals surface area contributed by atoms with Crippen LogP contribution in [0.2, 0.25) is 0 Å². The van der Waals surface area contributed by atoms with Gasteiger partial charge in [0.25, 0.3) is 0 Å². The van der Waals surface area contributed by atoms with Gasteiger partial charge in [-0.3, -0.25) is 0 Å². The average molecular weight is 386 g/mol. The van der Waals surface area contributed by atoms with Crippen LogP contribution in [0.15, 0.2) is 0 Å².